The Kier molecular flexibility index (Phi) is 3.19. The number of imidazole rings is 1. The van der Waals surface area contributed by atoms with Crippen LogP contribution < -0.4 is 5.73 Å². The number of thiocarbonyl (C=S) groups is 1. The number of aromatic nitrogens is 2. The van der Waals surface area contributed by atoms with Gasteiger partial charge in [-0.05, 0) is 18.2 Å². The van der Waals surface area contributed by atoms with Gasteiger partial charge in [-0.25, -0.2) is 9.37 Å². The van der Waals surface area contributed by atoms with Gasteiger partial charge in [0.05, 0.1) is 5.69 Å². The molecule has 0 spiro atoms. The summed E-state index contributed by atoms with van der Waals surface area (Å²) in [5.74, 6) is 0.454. The van der Waals surface area contributed by atoms with Gasteiger partial charge in [-0.2, -0.15) is 0 Å². The first-order valence-electron chi connectivity index (χ1n) is 5.25. The van der Waals surface area contributed by atoms with Gasteiger partial charge in [0, 0.05) is 24.4 Å². The molecule has 0 saturated heterocycles. The minimum atomic E-state index is -0.358. The third-order valence-corrected chi connectivity index (χ3v) is 2.76. The summed E-state index contributed by atoms with van der Waals surface area (Å²) in [5, 5.41) is 0. The first kappa shape index (κ1) is 11.7. The van der Waals surface area contributed by atoms with E-state index in [0.29, 0.717) is 11.3 Å². The molecule has 1 heterocycles. The van der Waals surface area contributed by atoms with Crippen LogP contribution in [0.2, 0.25) is 0 Å². The van der Waals surface area contributed by atoms with Crippen molar-refractivity contribution < 1.29 is 4.39 Å². The zero-order valence-electron chi connectivity index (χ0n) is 9.35. The van der Waals surface area contributed by atoms with Crippen molar-refractivity contribution in [1.29, 1.82) is 0 Å². The molecule has 2 rings (SSSR count). The van der Waals surface area contributed by atoms with Crippen LogP contribution in [-0.4, -0.2) is 14.5 Å². The van der Waals surface area contributed by atoms with Crippen LogP contribution in [-0.2, 0) is 6.42 Å². The van der Waals surface area contributed by atoms with E-state index in [1.54, 1.807) is 29.1 Å². The van der Waals surface area contributed by atoms with Gasteiger partial charge in [-0.3, -0.25) is 0 Å². The Labute approximate surface area is 104 Å². The summed E-state index contributed by atoms with van der Waals surface area (Å²) in [5.41, 5.74) is 6.44. The minimum Gasteiger partial charge on any atom is -0.389 e. The molecule has 3 nitrogen and oxygen atoms in total. The minimum absolute atomic E-state index is 0.191. The van der Waals surface area contributed by atoms with E-state index in [4.69, 9.17) is 18.0 Å². The molecule has 0 bridgehead atoms. The van der Waals surface area contributed by atoms with E-state index in [0.717, 1.165) is 12.2 Å². The molecule has 5 heteroatoms. The monoisotopic (exact) mass is 249 g/mol. The van der Waals surface area contributed by atoms with E-state index in [1.807, 2.05) is 6.92 Å². The summed E-state index contributed by atoms with van der Waals surface area (Å²) in [7, 11) is 0. The number of rotatable bonds is 3. The summed E-state index contributed by atoms with van der Waals surface area (Å²) in [4.78, 5) is 4.35. The molecule has 2 aromatic rings. The van der Waals surface area contributed by atoms with Crippen molar-refractivity contribution in [3.05, 3.63) is 47.8 Å². The van der Waals surface area contributed by atoms with Crippen LogP contribution in [0.4, 0.5) is 4.39 Å². The lowest BCUT2D eigenvalue weighted by Crippen LogP contribution is -2.10. The average molecular weight is 249 g/mol. The van der Waals surface area contributed by atoms with Crippen molar-refractivity contribution in [2.45, 2.75) is 13.3 Å². The van der Waals surface area contributed by atoms with Crippen molar-refractivity contribution in [3.63, 3.8) is 0 Å². The lowest BCUT2D eigenvalue weighted by molar-refractivity contribution is 0.615. The Balaban J connectivity index is 2.50. The molecule has 0 aliphatic rings. The zero-order chi connectivity index (χ0) is 12.4. The summed E-state index contributed by atoms with van der Waals surface area (Å²) in [6, 6.07) is 4.71. The zero-order valence-corrected chi connectivity index (χ0v) is 10.2. The molecule has 1 aromatic heterocycles. The van der Waals surface area contributed by atoms with Crippen LogP contribution in [0.1, 0.15) is 18.3 Å². The predicted molar refractivity (Wildman–Crippen MR) is 68.8 cm³/mol. The van der Waals surface area contributed by atoms with Gasteiger partial charge >= 0.3 is 0 Å². The molecule has 0 unspecified atom stereocenters. The number of hydrogen-bond acceptors (Lipinski definition) is 2. The van der Waals surface area contributed by atoms with E-state index in [9.17, 15) is 4.39 Å². The van der Waals surface area contributed by atoms with Crippen molar-refractivity contribution in [1.82, 2.24) is 9.55 Å². The molecule has 0 amide bonds. The highest BCUT2D eigenvalue weighted by Gasteiger charge is 2.09. The largest absolute Gasteiger partial charge is 0.389 e. The highest BCUT2D eigenvalue weighted by Crippen LogP contribution is 2.17. The van der Waals surface area contributed by atoms with Crippen molar-refractivity contribution >= 4 is 17.2 Å². The van der Waals surface area contributed by atoms with E-state index in [-0.39, 0.29) is 10.8 Å². The highest BCUT2D eigenvalue weighted by molar-refractivity contribution is 7.80. The summed E-state index contributed by atoms with van der Waals surface area (Å²) < 4.78 is 15.6. The first-order chi connectivity index (χ1) is 8.13. The van der Waals surface area contributed by atoms with E-state index in [2.05, 4.69) is 4.98 Å². The van der Waals surface area contributed by atoms with Gasteiger partial charge in [0.1, 0.15) is 16.6 Å². The Morgan fingerprint density at radius 2 is 2.29 bits per heavy atom. The molecule has 17 heavy (non-hydrogen) atoms. The van der Waals surface area contributed by atoms with Crippen LogP contribution in [0.15, 0.2) is 30.6 Å². The smallest absolute Gasteiger partial charge is 0.147 e. The number of nitrogens with zero attached hydrogens (tertiary/aromatic N) is 2. The maximum Gasteiger partial charge on any atom is 0.147 e. The highest BCUT2D eigenvalue weighted by atomic mass is 32.1. The Morgan fingerprint density at radius 1 is 1.53 bits per heavy atom. The predicted octanol–water partition coefficient (Wildman–Crippen LogP) is 2.21. The van der Waals surface area contributed by atoms with Gasteiger partial charge in [-0.1, -0.05) is 19.1 Å². The summed E-state index contributed by atoms with van der Waals surface area (Å²) in [6.07, 6.45) is 4.13. The molecular formula is C12H12FN3S. The van der Waals surface area contributed by atoms with Gasteiger partial charge < -0.3 is 10.3 Å². The van der Waals surface area contributed by atoms with Crippen LogP contribution >= 0.6 is 12.2 Å². The topological polar surface area (TPSA) is 43.8 Å². The Morgan fingerprint density at radius 3 is 2.88 bits per heavy atom. The molecule has 2 N–H and O–H groups in total. The molecule has 0 fully saturated rings. The lowest BCUT2D eigenvalue weighted by atomic mass is 10.2. The van der Waals surface area contributed by atoms with Crippen molar-refractivity contribution in [2.24, 2.45) is 5.73 Å². The van der Waals surface area contributed by atoms with Crippen molar-refractivity contribution in [3.8, 4) is 5.69 Å². The third kappa shape index (κ3) is 2.19. The number of nitrogens with two attached hydrogens (primary N) is 1. The van der Waals surface area contributed by atoms with E-state index in [1.165, 1.54) is 6.07 Å². The van der Waals surface area contributed by atoms with E-state index < -0.39 is 0 Å². The normalized spacial score (nSPS) is 10.5. The lowest BCUT2D eigenvalue weighted by Gasteiger charge is -2.09. The van der Waals surface area contributed by atoms with Crippen LogP contribution in [0.3, 0.4) is 0 Å². The van der Waals surface area contributed by atoms with Gasteiger partial charge in [-0.15, -0.1) is 0 Å². The van der Waals surface area contributed by atoms with Crippen LogP contribution in [0.25, 0.3) is 5.69 Å². The second-order valence-electron chi connectivity index (χ2n) is 3.60. The fraction of sp³-hybridized carbons (Fsp3) is 0.167. The SMILES string of the molecule is CCc1nccn1-c1ccc(C(N)=S)cc1F. The standard InChI is InChI=1S/C12H12FN3S/c1-2-11-15-5-6-16(11)10-4-3-8(12(14)17)7-9(10)13/h3-7H,2H2,1H3,(H2,14,17). The molecule has 0 aliphatic carbocycles. The molecular weight excluding hydrogens is 237 g/mol. The molecule has 0 saturated carbocycles. The fourth-order valence-corrected chi connectivity index (χ4v) is 1.80. The summed E-state index contributed by atoms with van der Waals surface area (Å²) in [6.45, 7) is 1.97. The Bertz CT molecular complexity index is 563. The van der Waals surface area contributed by atoms with Crippen LogP contribution in [0.5, 0.6) is 0 Å². The molecule has 0 atom stereocenters. The van der Waals surface area contributed by atoms with Gasteiger partial charge in [0.15, 0.2) is 0 Å². The fourth-order valence-electron chi connectivity index (χ4n) is 1.67. The van der Waals surface area contributed by atoms with E-state index >= 15 is 0 Å². The third-order valence-electron chi connectivity index (χ3n) is 2.53. The van der Waals surface area contributed by atoms with Gasteiger partial charge in [0.2, 0.25) is 0 Å². The van der Waals surface area contributed by atoms with Gasteiger partial charge in [0.25, 0.3) is 0 Å². The quantitative estimate of drug-likeness (QED) is 0.848. The second-order valence-corrected chi connectivity index (χ2v) is 4.04. The van der Waals surface area contributed by atoms with Crippen LogP contribution in [0, 0.1) is 5.82 Å². The molecule has 88 valence electrons. The molecule has 0 aliphatic heterocycles. The van der Waals surface area contributed by atoms with Crippen molar-refractivity contribution in [2.75, 3.05) is 0 Å². The molecule has 0 radical (unpaired) electrons. The molecule has 1 aromatic carbocycles. The Hall–Kier alpha value is -1.75. The summed E-state index contributed by atoms with van der Waals surface area (Å²) >= 11 is 4.81. The maximum absolute atomic E-state index is 13.9. The number of aryl methyl sites for hydroxylation is 1. The second kappa shape index (κ2) is 4.63. The number of halogens is 1. The number of benzene rings is 1. The maximum atomic E-state index is 13.9. The number of hydrogen-bond donors (Lipinski definition) is 1. The first-order valence-corrected chi connectivity index (χ1v) is 5.66. The average Bonchev–Trinajstić information content (AvgIpc) is 2.76.